The minimum atomic E-state index is -1.27. The number of piperidine rings is 1. The van der Waals surface area contributed by atoms with Crippen molar-refractivity contribution in [3.05, 3.63) is 12.2 Å². The largest absolute Gasteiger partial charge is 0.469 e. The Hall–Kier alpha value is -1.05. The second-order valence-corrected chi connectivity index (χ2v) is 11.5. The van der Waals surface area contributed by atoms with E-state index in [1.165, 1.54) is 7.11 Å². The molecular weight excluding hydrogens is 266 g/mol. The molecule has 2 aliphatic heterocycles. The van der Waals surface area contributed by atoms with Crippen molar-refractivity contribution in [2.45, 2.75) is 38.5 Å². The van der Waals surface area contributed by atoms with Gasteiger partial charge in [0.05, 0.1) is 13.0 Å². The van der Waals surface area contributed by atoms with E-state index in [1.54, 1.807) is 0 Å². The van der Waals surface area contributed by atoms with Gasteiger partial charge in [-0.2, -0.15) is 0 Å². The highest BCUT2D eigenvalue weighted by Gasteiger charge is 2.41. The lowest BCUT2D eigenvalue weighted by molar-refractivity contribution is -0.150. The number of nitrogens with zero attached hydrogens (tertiary/aromatic N) is 1. The van der Waals surface area contributed by atoms with E-state index >= 15 is 0 Å². The van der Waals surface area contributed by atoms with Crippen molar-refractivity contribution >= 4 is 14.0 Å². The molecule has 0 spiro atoms. The maximum absolute atomic E-state index is 11.9. The van der Waals surface area contributed by atoms with Crippen molar-refractivity contribution in [1.29, 1.82) is 0 Å². The van der Waals surface area contributed by atoms with Crippen molar-refractivity contribution in [3.8, 4) is 11.5 Å². The fourth-order valence-corrected chi connectivity index (χ4v) is 3.69. The zero-order valence-corrected chi connectivity index (χ0v) is 14.0. The molecule has 20 heavy (non-hydrogen) atoms. The van der Waals surface area contributed by atoms with E-state index in [0.29, 0.717) is 5.92 Å². The first kappa shape index (κ1) is 15.3. The number of esters is 1. The van der Waals surface area contributed by atoms with Gasteiger partial charge in [0.1, 0.15) is 8.07 Å². The Morgan fingerprint density at radius 2 is 2.15 bits per heavy atom. The summed E-state index contributed by atoms with van der Waals surface area (Å²) in [5.41, 5.74) is 3.40. The van der Waals surface area contributed by atoms with Crippen molar-refractivity contribution < 1.29 is 9.53 Å². The predicted molar refractivity (Wildman–Crippen MR) is 83.9 cm³/mol. The fraction of sp³-hybridized carbons (Fsp3) is 0.688. The van der Waals surface area contributed by atoms with Crippen LogP contribution < -0.4 is 0 Å². The van der Waals surface area contributed by atoms with Gasteiger partial charge in [-0.25, -0.2) is 0 Å². The lowest BCUT2D eigenvalue weighted by Gasteiger charge is -2.45. The summed E-state index contributed by atoms with van der Waals surface area (Å²) in [5.74, 6) is 3.76. The molecule has 0 saturated carbocycles. The molecule has 0 aromatic heterocycles. The van der Waals surface area contributed by atoms with E-state index in [-0.39, 0.29) is 17.9 Å². The van der Waals surface area contributed by atoms with E-state index in [2.05, 4.69) is 48.2 Å². The molecule has 0 aromatic carbocycles. The molecule has 4 heteroatoms. The number of rotatable bonds is 3. The topological polar surface area (TPSA) is 29.5 Å². The molecule has 3 atom stereocenters. The van der Waals surface area contributed by atoms with Crippen LogP contribution in [0.5, 0.6) is 0 Å². The maximum atomic E-state index is 11.9. The zero-order valence-electron chi connectivity index (χ0n) is 13.0. The smallest absolute Gasteiger partial charge is 0.310 e. The lowest BCUT2D eigenvalue weighted by atomic mass is 9.77. The van der Waals surface area contributed by atoms with Crippen molar-refractivity contribution in [3.63, 3.8) is 0 Å². The second kappa shape index (κ2) is 6.15. The molecule has 0 N–H and O–H groups in total. The molecule has 3 rings (SSSR count). The molecule has 3 nitrogen and oxygen atoms in total. The SMILES string of the molecule is COC(=O)[C@H]1C[C@@H]2C=C[C@H]1N(CCC#C[Si](C)(C)C)C2. The van der Waals surface area contributed by atoms with E-state index < -0.39 is 8.07 Å². The molecule has 2 bridgehead atoms. The van der Waals surface area contributed by atoms with Gasteiger partial charge in [-0.05, 0) is 12.3 Å². The molecule has 0 aromatic rings. The molecule has 0 radical (unpaired) electrons. The number of fused-ring (bicyclic) bond motifs is 2. The van der Waals surface area contributed by atoms with Gasteiger partial charge in [0.2, 0.25) is 0 Å². The van der Waals surface area contributed by atoms with Crippen LogP contribution in [-0.2, 0) is 9.53 Å². The molecule has 0 unspecified atom stereocenters. The van der Waals surface area contributed by atoms with E-state index in [4.69, 9.17) is 4.74 Å². The standard InChI is InChI=1S/C16H25NO2Si/c1-19-16(18)14-11-13-7-8-15(14)17(12-13)9-5-6-10-20(2,3)4/h7-8,13-15H,5,9,11-12H2,1-4H3/t13-,14-,15+/m0/s1. The van der Waals surface area contributed by atoms with Crippen LogP contribution in [0.15, 0.2) is 12.2 Å². The van der Waals surface area contributed by atoms with Gasteiger partial charge in [-0.15, -0.1) is 11.5 Å². The first-order valence-corrected chi connectivity index (χ1v) is 10.9. The number of carbonyl (C=O) groups excluding carboxylic acids is 1. The summed E-state index contributed by atoms with van der Waals surface area (Å²) in [7, 11) is 0.219. The zero-order chi connectivity index (χ0) is 14.8. The molecule has 1 aliphatic carbocycles. The van der Waals surface area contributed by atoms with Gasteiger partial charge in [0.25, 0.3) is 0 Å². The Morgan fingerprint density at radius 3 is 2.75 bits per heavy atom. The monoisotopic (exact) mass is 291 g/mol. The second-order valence-electron chi connectivity index (χ2n) is 6.80. The van der Waals surface area contributed by atoms with Gasteiger partial charge in [-0.1, -0.05) is 31.8 Å². The van der Waals surface area contributed by atoms with E-state index in [9.17, 15) is 4.79 Å². The molecule has 2 heterocycles. The molecule has 0 amide bonds. The van der Waals surface area contributed by atoms with Crippen molar-refractivity contribution in [2.75, 3.05) is 20.2 Å². The number of methoxy groups -OCH3 is 1. The lowest BCUT2D eigenvalue weighted by Crippen LogP contribution is -2.53. The number of hydrogen-bond acceptors (Lipinski definition) is 3. The summed E-state index contributed by atoms with van der Waals surface area (Å²) in [6.45, 7) is 8.80. The van der Waals surface area contributed by atoms with Gasteiger partial charge in [0.15, 0.2) is 0 Å². The van der Waals surface area contributed by atoms with Gasteiger partial charge >= 0.3 is 5.97 Å². The Morgan fingerprint density at radius 1 is 1.40 bits per heavy atom. The Kier molecular flexibility index (Phi) is 4.72. The molecular formula is C16H25NO2Si. The van der Waals surface area contributed by atoms with Crippen LogP contribution >= 0.6 is 0 Å². The Labute approximate surface area is 123 Å². The highest BCUT2D eigenvalue weighted by Crippen LogP contribution is 2.34. The van der Waals surface area contributed by atoms with E-state index in [0.717, 1.165) is 25.9 Å². The highest BCUT2D eigenvalue weighted by atomic mass is 28.3. The Balaban J connectivity index is 1.94. The number of ether oxygens (including phenoxy) is 1. The minimum absolute atomic E-state index is 0.00806. The molecule has 1 saturated heterocycles. The normalized spacial score (nSPS) is 28.9. The minimum Gasteiger partial charge on any atom is -0.469 e. The van der Waals surface area contributed by atoms with E-state index in [1.807, 2.05) is 0 Å². The summed E-state index contributed by atoms with van der Waals surface area (Å²) in [4.78, 5) is 14.3. The number of hydrogen-bond donors (Lipinski definition) is 0. The van der Waals surface area contributed by atoms with Crippen LogP contribution in [0.4, 0.5) is 0 Å². The van der Waals surface area contributed by atoms with Crippen LogP contribution in [0.3, 0.4) is 0 Å². The summed E-state index contributed by atoms with van der Waals surface area (Å²) >= 11 is 0. The van der Waals surface area contributed by atoms with Crippen molar-refractivity contribution in [2.24, 2.45) is 11.8 Å². The summed E-state index contributed by atoms with van der Waals surface area (Å²) in [5, 5.41) is 0. The third-order valence-corrected chi connectivity index (χ3v) is 4.86. The highest BCUT2D eigenvalue weighted by molar-refractivity contribution is 6.83. The molecule has 3 aliphatic rings. The number of carbonyl (C=O) groups is 1. The average Bonchev–Trinajstić information content (AvgIpc) is 2.42. The van der Waals surface area contributed by atoms with Crippen LogP contribution in [0.2, 0.25) is 19.6 Å². The predicted octanol–water partition coefficient (Wildman–Crippen LogP) is 2.31. The molecule has 110 valence electrons. The Bertz CT molecular complexity index is 455. The van der Waals surface area contributed by atoms with Crippen molar-refractivity contribution in [1.82, 2.24) is 4.90 Å². The quantitative estimate of drug-likeness (QED) is 0.346. The summed E-state index contributed by atoms with van der Waals surface area (Å²) in [6.07, 6.45) is 6.28. The summed E-state index contributed by atoms with van der Waals surface area (Å²) in [6, 6.07) is 0.209. The van der Waals surface area contributed by atoms with Crippen LogP contribution in [0, 0.1) is 23.3 Å². The third-order valence-electron chi connectivity index (χ3n) is 3.93. The third kappa shape index (κ3) is 3.74. The van der Waals surface area contributed by atoms with Gasteiger partial charge < -0.3 is 4.74 Å². The molecule has 1 fully saturated rings. The van der Waals surface area contributed by atoms with Crippen LogP contribution in [0.25, 0.3) is 0 Å². The van der Waals surface area contributed by atoms with Crippen LogP contribution in [0.1, 0.15) is 12.8 Å². The van der Waals surface area contributed by atoms with Crippen LogP contribution in [-0.4, -0.2) is 45.2 Å². The first-order valence-electron chi connectivity index (χ1n) is 7.41. The fourth-order valence-electron chi connectivity index (χ4n) is 3.04. The average molecular weight is 291 g/mol. The first-order chi connectivity index (χ1) is 9.40. The van der Waals surface area contributed by atoms with Gasteiger partial charge in [-0.3, -0.25) is 9.69 Å². The maximum Gasteiger partial charge on any atom is 0.310 e. The summed E-state index contributed by atoms with van der Waals surface area (Å²) < 4.78 is 4.94. The van der Waals surface area contributed by atoms with Gasteiger partial charge in [0, 0.05) is 25.6 Å².